The average molecular weight is 206 g/mol. The fourth-order valence-corrected chi connectivity index (χ4v) is 1.70. The molecule has 80 valence electrons. The highest BCUT2D eigenvalue weighted by molar-refractivity contribution is 5.74. The molecule has 0 aromatic carbocycles. The molecule has 2 rings (SSSR count). The predicted molar refractivity (Wildman–Crippen MR) is 55.2 cm³/mol. The highest BCUT2D eigenvalue weighted by Crippen LogP contribution is 2.14. The molecule has 1 aromatic rings. The predicted octanol–water partition coefficient (Wildman–Crippen LogP) is 0.564. The van der Waals surface area contributed by atoms with Gasteiger partial charge in [0, 0.05) is 31.3 Å². The van der Waals surface area contributed by atoms with Crippen molar-refractivity contribution in [3.8, 4) is 0 Å². The molecule has 0 fully saturated rings. The Morgan fingerprint density at radius 1 is 1.67 bits per heavy atom. The normalized spacial score (nSPS) is 14.6. The van der Waals surface area contributed by atoms with E-state index in [-0.39, 0.29) is 6.03 Å². The zero-order valence-corrected chi connectivity index (χ0v) is 8.73. The zero-order chi connectivity index (χ0) is 10.7. The Morgan fingerprint density at radius 2 is 2.53 bits per heavy atom. The molecule has 0 bridgehead atoms. The van der Waals surface area contributed by atoms with Crippen LogP contribution in [0.2, 0.25) is 0 Å². The first kappa shape index (κ1) is 9.89. The largest absolute Gasteiger partial charge is 0.338 e. The maximum Gasteiger partial charge on any atom is 0.317 e. The summed E-state index contributed by atoms with van der Waals surface area (Å²) in [7, 11) is 0. The molecule has 1 aliphatic heterocycles. The van der Waals surface area contributed by atoms with Crippen molar-refractivity contribution in [1.82, 2.24) is 20.2 Å². The van der Waals surface area contributed by atoms with E-state index in [0.717, 1.165) is 24.2 Å². The molecule has 1 aliphatic rings. The SMILES string of the molecule is CCNC(=O)N1CCc2ncncc2C1. The summed E-state index contributed by atoms with van der Waals surface area (Å²) >= 11 is 0. The summed E-state index contributed by atoms with van der Waals surface area (Å²) < 4.78 is 0. The van der Waals surface area contributed by atoms with Crippen LogP contribution in [0.15, 0.2) is 12.5 Å². The second-order valence-electron chi connectivity index (χ2n) is 3.50. The highest BCUT2D eigenvalue weighted by Gasteiger charge is 2.20. The van der Waals surface area contributed by atoms with Gasteiger partial charge in [-0.1, -0.05) is 0 Å². The van der Waals surface area contributed by atoms with Crippen LogP contribution in [-0.4, -0.2) is 34.0 Å². The third-order valence-electron chi connectivity index (χ3n) is 2.48. The molecule has 0 radical (unpaired) electrons. The molecule has 2 amide bonds. The molecule has 0 aliphatic carbocycles. The van der Waals surface area contributed by atoms with Gasteiger partial charge in [-0.15, -0.1) is 0 Å². The van der Waals surface area contributed by atoms with Crippen molar-refractivity contribution in [2.45, 2.75) is 19.9 Å². The number of carbonyl (C=O) groups excluding carboxylic acids is 1. The van der Waals surface area contributed by atoms with E-state index in [4.69, 9.17) is 0 Å². The Hall–Kier alpha value is -1.65. The van der Waals surface area contributed by atoms with E-state index < -0.39 is 0 Å². The van der Waals surface area contributed by atoms with Crippen molar-refractivity contribution in [3.05, 3.63) is 23.8 Å². The first-order chi connectivity index (χ1) is 7.31. The van der Waals surface area contributed by atoms with Gasteiger partial charge in [-0.3, -0.25) is 0 Å². The molecule has 5 nitrogen and oxygen atoms in total. The van der Waals surface area contributed by atoms with E-state index in [0.29, 0.717) is 13.1 Å². The number of fused-ring (bicyclic) bond motifs is 1. The molecule has 5 heteroatoms. The molecule has 2 heterocycles. The molecule has 15 heavy (non-hydrogen) atoms. The summed E-state index contributed by atoms with van der Waals surface area (Å²) in [4.78, 5) is 21.5. The Kier molecular flexibility index (Phi) is 2.80. The number of urea groups is 1. The number of aromatic nitrogens is 2. The van der Waals surface area contributed by atoms with Crippen LogP contribution in [-0.2, 0) is 13.0 Å². The van der Waals surface area contributed by atoms with Crippen molar-refractivity contribution < 1.29 is 4.79 Å². The molecule has 1 N–H and O–H groups in total. The lowest BCUT2D eigenvalue weighted by Crippen LogP contribution is -2.42. The fraction of sp³-hybridized carbons (Fsp3) is 0.500. The third-order valence-corrected chi connectivity index (χ3v) is 2.48. The first-order valence-corrected chi connectivity index (χ1v) is 5.11. The van der Waals surface area contributed by atoms with Gasteiger partial charge in [0.05, 0.1) is 12.2 Å². The molecule has 0 unspecified atom stereocenters. The van der Waals surface area contributed by atoms with Gasteiger partial charge < -0.3 is 10.2 Å². The molecular formula is C10H14N4O. The zero-order valence-electron chi connectivity index (χ0n) is 8.73. The van der Waals surface area contributed by atoms with Gasteiger partial charge in [-0.25, -0.2) is 14.8 Å². The Morgan fingerprint density at radius 3 is 3.33 bits per heavy atom. The molecular weight excluding hydrogens is 192 g/mol. The summed E-state index contributed by atoms with van der Waals surface area (Å²) in [6, 6.07) is -0.00740. The molecule has 1 aromatic heterocycles. The molecule has 0 spiro atoms. The van der Waals surface area contributed by atoms with E-state index in [9.17, 15) is 4.79 Å². The number of carbonyl (C=O) groups is 1. The monoisotopic (exact) mass is 206 g/mol. The topological polar surface area (TPSA) is 58.1 Å². The molecule has 0 saturated carbocycles. The summed E-state index contributed by atoms with van der Waals surface area (Å²) in [5, 5.41) is 2.79. The minimum absolute atomic E-state index is 0.00740. The van der Waals surface area contributed by atoms with E-state index in [1.807, 2.05) is 6.92 Å². The van der Waals surface area contributed by atoms with Crippen molar-refractivity contribution in [1.29, 1.82) is 0 Å². The summed E-state index contributed by atoms with van der Waals surface area (Å²) in [5.41, 5.74) is 2.11. The van der Waals surface area contributed by atoms with Gasteiger partial charge in [-0.2, -0.15) is 0 Å². The molecule has 0 atom stereocenters. The van der Waals surface area contributed by atoms with Gasteiger partial charge in [0.2, 0.25) is 0 Å². The van der Waals surface area contributed by atoms with E-state index in [2.05, 4.69) is 15.3 Å². The van der Waals surface area contributed by atoms with E-state index >= 15 is 0 Å². The lowest BCUT2D eigenvalue weighted by atomic mass is 10.1. The van der Waals surface area contributed by atoms with Crippen LogP contribution in [0.3, 0.4) is 0 Å². The minimum atomic E-state index is -0.00740. The van der Waals surface area contributed by atoms with E-state index in [1.165, 1.54) is 0 Å². The van der Waals surface area contributed by atoms with Gasteiger partial charge in [0.1, 0.15) is 6.33 Å². The van der Waals surface area contributed by atoms with Crippen LogP contribution in [0.25, 0.3) is 0 Å². The standard InChI is InChI=1S/C10H14N4O/c1-2-12-10(15)14-4-3-9-8(6-14)5-11-7-13-9/h5,7H,2-4,6H2,1H3,(H,12,15). The summed E-state index contributed by atoms with van der Waals surface area (Å²) in [6.45, 7) is 3.92. The quantitative estimate of drug-likeness (QED) is 0.730. The molecule has 0 saturated heterocycles. The smallest absolute Gasteiger partial charge is 0.317 e. The minimum Gasteiger partial charge on any atom is -0.338 e. The average Bonchev–Trinajstić information content (AvgIpc) is 2.29. The lowest BCUT2D eigenvalue weighted by Gasteiger charge is -2.27. The summed E-state index contributed by atoms with van der Waals surface area (Å²) in [6.07, 6.45) is 4.16. The lowest BCUT2D eigenvalue weighted by molar-refractivity contribution is 0.192. The highest BCUT2D eigenvalue weighted by atomic mass is 16.2. The Bertz CT molecular complexity index is 366. The third kappa shape index (κ3) is 2.06. The number of rotatable bonds is 1. The summed E-state index contributed by atoms with van der Waals surface area (Å²) in [5.74, 6) is 0. The maximum absolute atomic E-state index is 11.6. The van der Waals surface area contributed by atoms with Gasteiger partial charge >= 0.3 is 6.03 Å². The number of nitrogens with zero attached hydrogens (tertiary/aromatic N) is 3. The van der Waals surface area contributed by atoms with Crippen LogP contribution < -0.4 is 5.32 Å². The van der Waals surface area contributed by atoms with Crippen molar-refractivity contribution in [3.63, 3.8) is 0 Å². The first-order valence-electron chi connectivity index (χ1n) is 5.11. The van der Waals surface area contributed by atoms with Crippen LogP contribution >= 0.6 is 0 Å². The number of hydrogen-bond acceptors (Lipinski definition) is 3. The fourth-order valence-electron chi connectivity index (χ4n) is 1.70. The van der Waals surface area contributed by atoms with Gasteiger partial charge in [0.25, 0.3) is 0 Å². The van der Waals surface area contributed by atoms with Gasteiger partial charge in [0.15, 0.2) is 0 Å². The van der Waals surface area contributed by atoms with Crippen LogP contribution in [0, 0.1) is 0 Å². The van der Waals surface area contributed by atoms with Crippen molar-refractivity contribution in [2.24, 2.45) is 0 Å². The second-order valence-corrected chi connectivity index (χ2v) is 3.50. The van der Waals surface area contributed by atoms with E-state index in [1.54, 1.807) is 17.4 Å². The van der Waals surface area contributed by atoms with Gasteiger partial charge in [-0.05, 0) is 6.92 Å². The van der Waals surface area contributed by atoms with Crippen LogP contribution in [0.4, 0.5) is 4.79 Å². The van der Waals surface area contributed by atoms with Crippen LogP contribution in [0.5, 0.6) is 0 Å². The Balaban J connectivity index is 2.08. The number of nitrogens with one attached hydrogen (secondary N) is 1. The number of hydrogen-bond donors (Lipinski definition) is 1. The number of amides is 2. The maximum atomic E-state index is 11.6. The van der Waals surface area contributed by atoms with Crippen molar-refractivity contribution >= 4 is 6.03 Å². The Labute approximate surface area is 88.5 Å². The second kappa shape index (κ2) is 4.25. The van der Waals surface area contributed by atoms with Crippen LogP contribution in [0.1, 0.15) is 18.2 Å². The van der Waals surface area contributed by atoms with Crippen molar-refractivity contribution in [2.75, 3.05) is 13.1 Å².